The molecule has 0 spiro atoms. The number of alkyl halides is 3. The van der Waals surface area contributed by atoms with Crippen LogP contribution in [-0.2, 0) is 12.7 Å². The molecule has 0 unspecified atom stereocenters. The fourth-order valence-electron chi connectivity index (χ4n) is 3.26. The number of rotatable bonds is 6. The van der Waals surface area contributed by atoms with Gasteiger partial charge in [0.2, 0.25) is 5.88 Å². The van der Waals surface area contributed by atoms with Crippen LogP contribution in [0.1, 0.15) is 27.4 Å². The van der Waals surface area contributed by atoms with E-state index in [4.69, 9.17) is 4.74 Å². The number of ether oxygens (including phenoxy) is 1. The average molecular weight is 475 g/mol. The third-order valence-electron chi connectivity index (χ3n) is 4.88. The van der Waals surface area contributed by atoms with Gasteiger partial charge in [0.15, 0.2) is 11.5 Å². The highest BCUT2D eigenvalue weighted by Gasteiger charge is 2.41. The molecular weight excluding hydrogens is 458 g/mol. The minimum Gasteiger partial charge on any atom is -0.480 e. The number of amides is 1. The predicted molar refractivity (Wildman–Crippen MR) is 110 cm³/mol. The summed E-state index contributed by atoms with van der Waals surface area (Å²) in [4.78, 5) is 16.6. The van der Waals surface area contributed by atoms with Crippen LogP contribution >= 0.6 is 0 Å². The number of aromatic nitrogens is 6. The minimum atomic E-state index is -4.92. The predicted octanol–water partition coefficient (Wildman–Crippen LogP) is 3.25. The Labute approximate surface area is 190 Å². The fraction of sp³-hybridized carbons (Fsp3) is 0.190. The van der Waals surface area contributed by atoms with Gasteiger partial charge in [0.25, 0.3) is 5.91 Å². The van der Waals surface area contributed by atoms with E-state index in [1.54, 1.807) is 23.8 Å². The zero-order chi connectivity index (χ0) is 24.5. The van der Waals surface area contributed by atoms with Crippen molar-refractivity contribution in [2.45, 2.75) is 19.6 Å². The van der Waals surface area contributed by atoms with Gasteiger partial charge >= 0.3 is 6.18 Å². The van der Waals surface area contributed by atoms with Crippen molar-refractivity contribution in [1.29, 1.82) is 0 Å². The van der Waals surface area contributed by atoms with E-state index in [2.05, 4.69) is 25.6 Å². The SMILES string of the molecule is COc1ccc(-n2ncc(C(=O)NCc3ccc(-n4ccnc4C)c(F)c3)c2C(F)(F)F)nn1. The maximum Gasteiger partial charge on any atom is 0.434 e. The quantitative estimate of drug-likeness (QED) is 0.430. The number of nitrogens with zero attached hydrogens (tertiary/aromatic N) is 6. The molecule has 0 radical (unpaired) electrons. The Morgan fingerprint density at radius 3 is 2.56 bits per heavy atom. The molecule has 34 heavy (non-hydrogen) atoms. The molecule has 1 amide bonds. The highest BCUT2D eigenvalue weighted by molar-refractivity contribution is 5.95. The molecule has 176 valence electrons. The lowest BCUT2D eigenvalue weighted by molar-refractivity contribution is -0.143. The standard InChI is InChI=1S/C21H17F4N7O2/c1-12-26-7-8-31(12)16-4-3-13(9-15(16)22)10-27-20(33)14-11-28-32(19(14)21(23,24)25)17-5-6-18(34-2)30-29-17/h3-9,11H,10H2,1-2H3,(H,27,33). The molecule has 4 rings (SSSR count). The Kier molecular flexibility index (Phi) is 6.01. The second-order valence-electron chi connectivity index (χ2n) is 7.06. The number of aryl methyl sites for hydroxylation is 1. The van der Waals surface area contributed by atoms with Gasteiger partial charge < -0.3 is 14.6 Å². The number of imidazole rings is 1. The fourth-order valence-corrected chi connectivity index (χ4v) is 3.26. The first-order valence-electron chi connectivity index (χ1n) is 9.79. The molecule has 1 aromatic carbocycles. The first kappa shape index (κ1) is 22.9. The molecule has 0 aliphatic heterocycles. The Hall–Kier alpha value is -4.29. The molecule has 0 saturated heterocycles. The third-order valence-corrected chi connectivity index (χ3v) is 4.88. The average Bonchev–Trinajstić information content (AvgIpc) is 3.44. The van der Waals surface area contributed by atoms with Crippen molar-refractivity contribution in [3.05, 3.63) is 77.4 Å². The van der Waals surface area contributed by atoms with E-state index in [-0.39, 0.29) is 23.9 Å². The van der Waals surface area contributed by atoms with Gasteiger partial charge in [-0.05, 0) is 30.7 Å². The monoisotopic (exact) mass is 475 g/mol. The summed E-state index contributed by atoms with van der Waals surface area (Å²) >= 11 is 0. The molecule has 0 saturated carbocycles. The summed E-state index contributed by atoms with van der Waals surface area (Å²) in [5, 5.41) is 13.3. The van der Waals surface area contributed by atoms with Crippen molar-refractivity contribution < 1.29 is 27.1 Å². The van der Waals surface area contributed by atoms with Crippen molar-refractivity contribution >= 4 is 5.91 Å². The summed E-state index contributed by atoms with van der Waals surface area (Å²) in [6.45, 7) is 1.51. The van der Waals surface area contributed by atoms with Crippen LogP contribution in [0.4, 0.5) is 17.6 Å². The maximum atomic E-state index is 14.6. The second kappa shape index (κ2) is 8.92. The number of hydrogen-bond acceptors (Lipinski definition) is 6. The number of hydrogen-bond donors (Lipinski definition) is 1. The number of carbonyl (C=O) groups is 1. The van der Waals surface area contributed by atoms with E-state index in [0.29, 0.717) is 16.1 Å². The molecule has 0 fully saturated rings. The van der Waals surface area contributed by atoms with E-state index >= 15 is 0 Å². The topological polar surface area (TPSA) is 99.8 Å². The van der Waals surface area contributed by atoms with Crippen LogP contribution in [0.5, 0.6) is 5.88 Å². The Morgan fingerprint density at radius 1 is 1.18 bits per heavy atom. The first-order valence-corrected chi connectivity index (χ1v) is 9.79. The van der Waals surface area contributed by atoms with Crippen LogP contribution in [0, 0.1) is 12.7 Å². The molecule has 4 aromatic rings. The van der Waals surface area contributed by atoms with Gasteiger partial charge in [-0.2, -0.15) is 18.3 Å². The van der Waals surface area contributed by atoms with Gasteiger partial charge in [-0.15, -0.1) is 10.2 Å². The third kappa shape index (κ3) is 4.44. The van der Waals surface area contributed by atoms with Gasteiger partial charge in [0, 0.05) is 25.0 Å². The van der Waals surface area contributed by atoms with Crippen molar-refractivity contribution in [2.24, 2.45) is 0 Å². The second-order valence-corrected chi connectivity index (χ2v) is 7.06. The smallest absolute Gasteiger partial charge is 0.434 e. The number of nitrogens with one attached hydrogen (secondary N) is 1. The van der Waals surface area contributed by atoms with Crippen molar-refractivity contribution in [3.8, 4) is 17.4 Å². The summed E-state index contributed by atoms with van der Waals surface area (Å²) in [7, 11) is 1.33. The van der Waals surface area contributed by atoms with Crippen LogP contribution in [0.15, 0.2) is 48.9 Å². The van der Waals surface area contributed by atoms with E-state index in [0.717, 1.165) is 6.20 Å². The molecule has 0 atom stereocenters. The molecule has 13 heteroatoms. The van der Waals surface area contributed by atoms with Crippen LogP contribution in [0.2, 0.25) is 0 Å². The summed E-state index contributed by atoms with van der Waals surface area (Å²) in [6, 6.07) is 6.78. The Bertz CT molecular complexity index is 1330. The highest BCUT2D eigenvalue weighted by atomic mass is 19.4. The lowest BCUT2D eigenvalue weighted by atomic mass is 10.1. The van der Waals surface area contributed by atoms with Gasteiger partial charge in [-0.3, -0.25) is 4.79 Å². The van der Waals surface area contributed by atoms with Crippen LogP contribution < -0.4 is 10.1 Å². The molecule has 0 aliphatic carbocycles. The molecule has 1 N–H and O–H groups in total. The number of carbonyl (C=O) groups excluding carboxylic acids is 1. The van der Waals surface area contributed by atoms with E-state index < -0.39 is 29.2 Å². The van der Waals surface area contributed by atoms with Crippen LogP contribution in [0.3, 0.4) is 0 Å². The Morgan fingerprint density at radius 2 is 1.97 bits per heavy atom. The van der Waals surface area contributed by atoms with Crippen LogP contribution in [-0.4, -0.2) is 42.5 Å². The van der Waals surface area contributed by atoms with E-state index in [1.807, 2.05) is 0 Å². The van der Waals surface area contributed by atoms with E-state index in [9.17, 15) is 22.4 Å². The van der Waals surface area contributed by atoms with Crippen molar-refractivity contribution in [1.82, 2.24) is 34.8 Å². The molecule has 0 aliphatic rings. The van der Waals surface area contributed by atoms with Gasteiger partial charge in [-0.1, -0.05) is 6.07 Å². The molecule has 3 heterocycles. The Balaban J connectivity index is 1.56. The van der Waals surface area contributed by atoms with Crippen molar-refractivity contribution in [2.75, 3.05) is 7.11 Å². The molecule has 0 bridgehead atoms. The van der Waals surface area contributed by atoms with Crippen molar-refractivity contribution in [3.63, 3.8) is 0 Å². The normalized spacial score (nSPS) is 11.5. The summed E-state index contributed by atoms with van der Waals surface area (Å²) in [5.41, 5.74) is -1.42. The molecular formula is C21H17F4N7O2. The highest BCUT2D eigenvalue weighted by Crippen LogP contribution is 2.33. The van der Waals surface area contributed by atoms with Gasteiger partial charge in [-0.25, -0.2) is 14.1 Å². The lowest BCUT2D eigenvalue weighted by Gasteiger charge is -2.12. The number of methoxy groups -OCH3 is 1. The number of benzene rings is 1. The number of halogens is 4. The maximum absolute atomic E-state index is 14.6. The van der Waals surface area contributed by atoms with E-state index in [1.165, 1.54) is 37.6 Å². The largest absolute Gasteiger partial charge is 0.480 e. The zero-order valence-corrected chi connectivity index (χ0v) is 17.8. The van der Waals surface area contributed by atoms with Gasteiger partial charge in [0.1, 0.15) is 11.6 Å². The zero-order valence-electron chi connectivity index (χ0n) is 17.8. The first-order chi connectivity index (χ1) is 16.2. The molecule has 9 nitrogen and oxygen atoms in total. The minimum absolute atomic E-state index is 0.101. The molecule has 3 aromatic heterocycles. The summed E-state index contributed by atoms with van der Waals surface area (Å²) in [6.07, 6.45) is -1.01. The van der Waals surface area contributed by atoms with Gasteiger partial charge in [0.05, 0.1) is 24.6 Å². The lowest BCUT2D eigenvalue weighted by Crippen LogP contribution is -2.26. The summed E-state index contributed by atoms with van der Waals surface area (Å²) < 4.78 is 62.8. The van der Waals surface area contributed by atoms with Crippen LogP contribution in [0.25, 0.3) is 11.5 Å². The summed E-state index contributed by atoms with van der Waals surface area (Å²) in [5.74, 6) is -1.17.